The lowest BCUT2D eigenvalue weighted by Crippen LogP contribution is -2.25. The van der Waals surface area contributed by atoms with E-state index in [9.17, 15) is 14.4 Å². The van der Waals surface area contributed by atoms with Crippen molar-refractivity contribution in [2.24, 2.45) is 0 Å². The average molecular weight is 334 g/mol. The molecule has 0 aliphatic rings. The number of carbonyl (C=O) groups is 3. The van der Waals surface area contributed by atoms with Gasteiger partial charge in [-0.05, 0) is 39.8 Å². The third-order valence-corrected chi connectivity index (χ3v) is 2.66. The molecule has 24 heavy (non-hydrogen) atoms. The molecule has 6 nitrogen and oxygen atoms in total. The maximum Gasteiger partial charge on any atom is 0.339 e. The third kappa shape index (κ3) is 6.24. The molecule has 1 aromatic rings. The Bertz CT molecular complexity index is 639. The van der Waals surface area contributed by atoms with Crippen molar-refractivity contribution in [1.82, 2.24) is 0 Å². The highest BCUT2D eigenvalue weighted by molar-refractivity contribution is 6.03. The molecule has 0 unspecified atom stereocenters. The fourth-order valence-electron chi connectivity index (χ4n) is 1.64. The van der Waals surface area contributed by atoms with Crippen LogP contribution in [0, 0.1) is 0 Å². The second kappa shape index (κ2) is 8.29. The summed E-state index contributed by atoms with van der Waals surface area (Å²) in [6.07, 6.45) is 0. The van der Waals surface area contributed by atoms with Gasteiger partial charge in [0, 0.05) is 5.57 Å². The summed E-state index contributed by atoms with van der Waals surface area (Å²) in [5, 5.41) is 0. The summed E-state index contributed by atoms with van der Waals surface area (Å²) < 4.78 is 15.1. The van der Waals surface area contributed by atoms with Crippen LogP contribution in [0.5, 0.6) is 0 Å². The third-order valence-electron chi connectivity index (χ3n) is 2.66. The Morgan fingerprint density at radius 2 is 1.46 bits per heavy atom. The van der Waals surface area contributed by atoms with Gasteiger partial charge in [-0.25, -0.2) is 14.4 Å². The van der Waals surface area contributed by atoms with Crippen LogP contribution in [0.3, 0.4) is 0 Å². The molecule has 0 saturated carbocycles. The number of ether oxygens (including phenoxy) is 3. The van der Waals surface area contributed by atoms with Crippen LogP contribution in [0.15, 0.2) is 36.4 Å². The maximum atomic E-state index is 12.2. The topological polar surface area (TPSA) is 78.9 Å². The molecule has 6 heteroatoms. The molecular weight excluding hydrogens is 312 g/mol. The molecular formula is C18H22O6. The van der Waals surface area contributed by atoms with Crippen molar-refractivity contribution in [1.29, 1.82) is 0 Å². The van der Waals surface area contributed by atoms with Crippen LogP contribution < -0.4 is 0 Å². The lowest BCUT2D eigenvalue weighted by atomic mass is 10.1. The maximum absolute atomic E-state index is 12.2. The normalized spacial score (nSPS) is 10.7. The van der Waals surface area contributed by atoms with Crippen molar-refractivity contribution < 1.29 is 28.6 Å². The first-order valence-corrected chi connectivity index (χ1v) is 7.44. The van der Waals surface area contributed by atoms with Gasteiger partial charge in [-0.2, -0.15) is 0 Å². The SMILES string of the molecule is C=C(C)C(=O)OCCOC(=O)c1ccccc1C(=O)OC(C)(C)C. The summed E-state index contributed by atoms with van der Waals surface area (Å²) in [5.74, 6) is -1.85. The molecule has 1 rings (SSSR count). The molecule has 0 aliphatic heterocycles. The first-order chi connectivity index (χ1) is 11.1. The summed E-state index contributed by atoms with van der Waals surface area (Å²) >= 11 is 0. The van der Waals surface area contributed by atoms with E-state index in [-0.39, 0.29) is 29.9 Å². The van der Waals surface area contributed by atoms with Crippen molar-refractivity contribution in [2.45, 2.75) is 33.3 Å². The van der Waals surface area contributed by atoms with E-state index < -0.39 is 23.5 Å². The minimum atomic E-state index is -0.692. The Kier molecular flexibility index (Phi) is 6.70. The van der Waals surface area contributed by atoms with Crippen LogP contribution in [0.4, 0.5) is 0 Å². The summed E-state index contributed by atoms with van der Waals surface area (Å²) in [5.41, 5.74) is -0.198. The number of rotatable bonds is 6. The zero-order valence-corrected chi connectivity index (χ0v) is 14.4. The van der Waals surface area contributed by atoms with E-state index in [2.05, 4.69) is 6.58 Å². The fourth-order valence-corrected chi connectivity index (χ4v) is 1.64. The lowest BCUT2D eigenvalue weighted by molar-refractivity contribution is -0.140. The molecule has 0 N–H and O–H groups in total. The largest absolute Gasteiger partial charge is 0.459 e. The molecule has 1 aromatic carbocycles. The van der Waals surface area contributed by atoms with Gasteiger partial charge < -0.3 is 14.2 Å². The van der Waals surface area contributed by atoms with Crippen LogP contribution in [-0.2, 0) is 19.0 Å². The number of hydrogen-bond donors (Lipinski definition) is 0. The van der Waals surface area contributed by atoms with E-state index >= 15 is 0 Å². The fraction of sp³-hybridized carbons (Fsp3) is 0.389. The molecule has 0 radical (unpaired) electrons. The molecule has 0 bridgehead atoms. The van der Waals surface area contributed by atoms with Crippen molar-refractivity contribution in [3.63, 3.8) is 0 Å². The highest BCUT2D eigenvalue weighted by atomic mass is 16.6. The summed E-state index contributed by atoms with van der Waals surface area (Å²) in [4.78, 5) is 35.5. The molecule has 0 amide bonds. The van der Waals surface area contributed by atoms with Crippen LogP contribution >= 0.6 is 0 Å². The quantitative estimate of drug-likeness (QED) is 0.344. The van der Waals surface area contributed by atoms with E-state index in [0.29, 0.717) is 0 Å². The van der Waals surface area contributed by atoms with Crippen molar-refractivity contribution >= 4 is 17.9 Å². The first-order valence-electron chi connectivity index (χ1n) is 7.44. The van der Waals surface area contributed by atoms with Gasteiger partial charge in [0.15, 0.2) is 0 Å². The molecule has 0 aliphatic carbocycles. The van der Waals surface area contributed by atoms with Crippen LogP contribution in [0.1, 0.15) is 48.4 Å². The average Bonchev–Trinajstić information content (AvgIpc) is 2.49. The van der Waals surface area contributed by atoms with Crippen LogP contribution in [-0.4, -0.2) is 36.7 Å². The second-order valence-electron chi connectivity index (χ2n) is 6.10. The monoisotopic (exact) mass is 334 g/mol. The predicted molar refractivity (Wildman–Crippen MR) is 87.7 cm³/mol. The zero-order chi connectivity index (χ0) is 18.3. The number of carbonyl (C=O) groups excluding carboxylic acids is 3. The van der Waals surface area contributed by atoms with E-state index in [1.54, 1.807) is 32.9 Å². The first kappa shape index (κ1) is 19.4. The van der Waals surface area contributed by atoms with Gasteiger partial charge in [-0.15, -0.1) is 0 Å². The van der Waals surface area contributed by atoms with Gasteiger partial charge in [-0.1, -0.05) is 18.7 Å². The second-order valence-corrected chi connectivity index (χ2v) is 6.10. The molecule has 0 fully saturated rings. The molecule has 0 spiro atoms. The molecule has 130 valence electrons. The summed E-state index contributed by atoms with van der Waals surface area (Å²) in [7, 11) is 0. The van der Waals surface area contributed by atoms with E-state index in [1.165, 1.54) is 19.1 Å². The highest BCUT2D eigenvalue weighted by Crippen LogP contribution is 2.16. The predicted octanol–water partition coefficient (Wildman–Crippen LogP) is 2.92. The zero-order valence-electron chi connectivity index (χ0n) is 14.4. The Hall–Kier alpha value is -2.63. The highest BCUT2D eigenvalue weighted by Gasteiger charge is 2.23. The van der Waals surface area contributed by atoms with Crippen LogP contribution in [0.2, 0.25) is 0 Å². The number of hydrogen-bond acceptors (Lipinski definition) is 6. The van der Waals surface area contributed by atoms with Crippen molar-refractivity contribution in [2.75, 3.05) is 13.2 Å². The van der Waals surface area contributed by atoms with Gasteiger partial charge in [0.2, 0.25) is 0 Å². The lowest BCUT2D eigenvalue weighted by Gasteiger charge is -2.20. The minimum Gasteiger partial charge on any atom is -0.459 e. The molecule has 0 aromatic heterocycles. The summed E-state index contributed by atoms with van der Waals surface area (Å²) in [6, 6.07) is 6.21. The Morgan fingerprint density at radius 1 is 0.958 bits per heavy atom. The number of esters is 3. The smallest absolute Gasteiger partial charge is 0.339 e. The van der Waals surface area contributed by atoms with Gasteiger partial charge in [0.25, 0.3) is 0 Å². The van der Waals surface area contributed by atoms with Crippen molar-refractivity contribution in [3.8, 4) is 0 Å². The van der Waals surface area contributed by atoms with Gasteiger partial charge in [0.05, 0.1) is 11.1 Å². The minimum absolute atomic E-state index is 0.0912. The van der Waals surface area contributed by atoms with Gasteiger partial charge in [-0.3, -0.25) is 0 Å². The Morgan fingerprint density at radius 3 is 1.96 bits per heavy atom. The van der Waals surface area contributed by atoms with Crippen LogP contribution in [0.25, 0.3) is 0 Å². The van der Waals surface area contributed by atoms with E-state index in [0.717, 1.165) is 0 Å². The molecule has 0 atom stereocenters. The molecule has 0 saturated heterocycles. The summed E-state index contributed by atoms with van der Waals surface area (Å²) in [6.45, 7) is 9.96. The molecule has 0 heterocycles. The van der Waals surface area contributed by atoms with Gasteiger partial charge in [0.1, 0.15) is 18.8 Å². The van der Waals surface area contributed by atoms with E-state index in [1.807, 2.05) is 0 Å². The Labute approximate surface area is 141 Å². The van der Waals surface area contributed by atoms with Gasteiger partial charge >= 0.3 is 17.9 Å². The van der Waals surface area contributed by atoms with E-state index in [4.69, 9.17) is 14.2 Å². The Balaban J connectivity index is 2.69. The van der Waals surface area contributed by atoms with Crippen molar-refractivity contribution in [3.05, 3.63) is 47.5 Å². The standard InChI is InChI=1S/C18H22O6/c1-12(2)15(19)22-10-11-23-16(20)13-8-6-7-9-14(13)17(21)24-18(3,4)5/h6-9H,1,10-11H2,2-5H3. The number of benzene rings is 1.